The molecule has 0 unspecified atom stereocenters. The molecule has 2 heteroatoms. The molecule has 0 aliphatic carbocycles. The average Bonchev–Trinajstić information content (AvgIpc) is 2.56. The van der Waals surface area contributed by atoms with Gasteiger partial charge in [0.05, 0.1) is 12.3 Å². The van der Waals surface area contributed by atoms with E-state index in [1.165, 1.54) is 5.56 Å². The van der Waals surface area contributed by atoms with E-state index in [-0.39, 0.29) is 0 Å². The third-order valence-corrected chi connectivity index (χ3v) is 3.82. The SMILES string of the molecule is [C-]#[N+]c1ccc(C)c(-c2cnc(-c3ccccc3)cc2C)c1. The Morgan fingerprint density at radius 2 is 1.64 bits per heavy atom. The van der Waals surface area contributed by atoms with Crippen LogP contribution in [0.15, 0.2) is 60.8 Å². The monoisotopic (exact) mass is 284 g/mol. The molecule has 0 saturated carbocycles. The topological polar surface area (TPSA) is 17.2 Å². The second kappa shape index (κ2) is 5.83. The van der Waals surface area contributed by atoms with Crippen molar-refractivity contribution in [1.82, 2.24) is 4.98 Å². The van der Waals surface area contributed by atoms with Crippen LogP contribution in [-0.4, -0.2) is 4.98 Å². The Kier molecular flexibility index (Phi) is 3.72. The predicted molar refractivity (Wildman–Crippen MR) is 90.8 cm³/mol. The van der Waals surface area contributed by atoms with Crippen LogP contribution in [0.3, 0.4) is 0 Å². The van der Waals surface area contributed by atoms with Crippen molar-refractivity contribution >= 4 is 5.69 Å². The molecular formula is C20H16N2. The largest absolute Gasteiger partial charge is 0.256 e. The molecule has 3 aromatic rings. The van der Waals surface area contributed by atoms with Crippen LogP contribution in [0.5, 0.6) is 0 Å². The summed E-state index contributed by atoms with van der Waals surface area (Å²) in [5.74, 6) is 0. The van der Waals surface area contributed by atoms with Gasteiger partial charge >= 0.3 is 0 Å². The summed E-state index contributed by atoms with van der Waals surface area (Å²) in [7, 11) is 0. The highest BCUT2D eigenvalue weighted by Gasteiger charge is 2.09. The van der Waals surface area contributed by atoms with Crippen molar-refractivity contribution < 1.29 is 0 Å². The van der Waals surface area contributed by atoms with Gasteiger partial charge in [0.2, 0.25) is 0 Å². The first kappa shape index (κ1) is 14.0. The fraction of sp³-hybridized carbons (Fsp3) is 0.100. The van der Waals surface area contributed by atoms with Gasteiger partial charge in [0.15, 0.2) is 5.69 Å². The van der Waals surface area contributed by atoms with Gasteiger partial charge in [-0.1, -0.05) is 42.5 Å². The summed E-state index contributed by atoms with van der Waals surface area (Å²) in [6.07, 6.45) is 1.91. The number of benzene rings is 2. The quantitative estimate of drug-likeness (QED) is 0.561. The maximum atomic E-state index is 7.18. The van der Waals surface area contributed by atoms with Crippen molar-refractivity contribution in [2.24, 2.45) is 0 Å². The van der Waals surface area contributed by atoms with Crippen molar-refractivity contribution in [2.45, 2.75) is 13.8 Å². The zero-order valence-electron chi connectivity index (χ0n) is 12.7. The summed E-state index contributed by atoms with van der Waals surface area (Å²) >= 11 is 0. The van der Waals surface area contributed by atoms with Crippen molar-refractivity contribution in [3.8, 4) is 22.4 Å². The lowest BCUT2D eigenvalue weighted by Crippen LogP contribution is -1.91. The molecule has 1 aromatic heterocycles. The van der Waals surface area contributed by atoms with Gasteiger partial charge in [0.1, 0.15) is 0 Å². The Balaban J connectivity index is 2.09. The number of aromatic nitrogens is 1. The molecule has 2 aromatic carbocycles. The smallest absolute Gasteiger partial charge is 0.187 e. The molecule has 0 radical (unpaired) electrons. The Morgan fingerprint density at radius 3 is 2.32 bits per heavy atom. The number of aryl methyl sites for hydroxylation is 2. The third kappa shape index (κ3) is 2.62. The lowest BCUT2D eigenvalue weighted by molar-refractivity contribution is 1.28. The van der Waals surface area contributed by atoms with Gasteiger partial charge in [0, 0.05) is 17.3 Å². The first-order valence-corrected chi connectivity index (χ1v) is 7.19. The van der Waals surface area contributed by atoms with Gasteiger partial charge in [0.25, 0.3) is 0 Å². The molecular weight excluding hydrogens is 268 g/mol. The van der Waals surface area contributed by atoms with E-state index in [9.17, 15) is 0 Å². The van der Waals surface area contributed by atoms with E-state index >= 15 is 0 Å². The molecule has 3 rings (SSSR count). The highest BCUT2D eigenvalue weighted by Crippen LogP contribution is 2.31. The molecule has 0 aliphatic heterocycles. The van der Waals surface area contributed by atoms with Gasteiger partial charge in [-0.25, -0.2) is 4.85 Å². The molecule has 0 amide bonds. The molecule has 0 fully saturated rings. The molecule has 0 bridgehead atoms. The van der Waals surface area contributed by atoms with E-state index in [0.29, 0.717) is 5.69 Å². The van der Waals surface area contributed by atoms with Crippen LogP contribution in [0.25, 0.3) is 27.2 Å². The van der Waals surface area contributed by atoms with Crippen LogP contribution in [0.1, 0.15) is 11.1 Å². The maximum Gasteiger partial charge on any atom is 0.187 e. The van der Waals surface area contributed by atoms with E-state index in [0.717, 1.165) is 27.9 Å². The summed E-state index contributed by atoms with van der Waals surface area (Å²) < 4.78 is 0. The number of hydrogen-bond donors (Lipinski definition) is 0. The van der Waals surface area contributed by atoms with Crippen LogP contribution in [0.2, 0.25) is 0 Å². The molecule has 0 atom stereocenters. The number of nitrogens with zero attached hydrogens (tertiary/aromatic N) is 2. The van der Waals surface area contributed by atoms with Crippen LogP contribution >= 0.6 is 0 Å². The average molecular weight is 284 g/mol. The summed E-state index contributed by atoms with van der Waals surface area (Å²) in [5.41, 5.74) is 7.24. The van der Waals surface area contributed by atoms with Gasteiger partial charge < -0.3 is 0 Å². The molecule has 0 spiro atoms. The summed E-state index contributed by atoms with van der Waals surface area (Å²) in [6, 6.07) is 18.1. The van der Waals surface area contributed by atoms with Gasteiger partial charge in [-0.15, -0.1) is 0 Å². The lowest BCUT2D eigenvalue weighted by Gasteiger charge is -2.11. The van der Waals surface area contributed by atoms with Crippen molar-refractivity contribution in [3.05, 3.63) is 83.3 Å². The van der Waals surface area contributed by atoms with Crippen molar-refractivity contribution in [2.75, 3.05) is 0 Å². The Bertz CT molecular complexity index is 859. The minimum Gasteiger partial charge on any atom is -0.256 e. The maximum absolute atomic E-state index is 7.18. The third-order valence-electron chi connectivity index (χ3n) is 3.82. The molecule has 0 aliphatic rings. The molecule has 0 saturated heterocycles. The minimum atomic E-state index is 0.659. The van der Waals surface area contributed by atoms with Gasteiger partial charge in [-0.05, 0) is 42.7 Å². The molecule has 2 nitrogen and oxygen atoms in total. The summed E-state index contributed by atoms with van der Waals surface area (Å²) in [5, 5.41) is 0. The van der Waals surface area contributed by atoms with E-state index in [2.05, 4.69) is 41.9 Å². The Labute approximate surface area is 130 Å². The van der Waals surface area contributed by atoms with Gasteiger partial charge in [-0.2, -0.15) is 0 Å². The number of hydrogen-bond acceptors (Lipinski definition) is 1. The molecule has 22 heavy (non-hydrogen) atoms. The van der Waals surface area contributed by atoms with Crippen LogP contribution in [0.4, 0.5) is 5.69 Å². The number of pyridine rings is 1. The van der Waals surface area contributed by atoms with Crippen molar-refractivity contribution in [3.63, 3.8) is 0 Å². The highest BCUT2D eigenvalue weighted by molar-refractivity contribution is 5.75. The van der Waals surface area contributed by atoms with E-state index < -0.39 is 0 Å². The summed E-state index contributed by atoms with van der Waals surface area (Å²) in [4.78, 5) is 8.13. The molecule has 1 heterocycles. The minimum absolute atomic E-state index is 0.659. The standard InChI is InChI=1S/C20H16N2/c1-14-9-10-17(21-3)12-18(14)19-13-22-20(11-15(19)2)16-7-5-4-6-8-16/h4-13H,1-2H3. The fourth-order valence-corrected chi connectivity index (χ4v) is 2.57. The molecule has 0 N–H and O–H groups in total. The zero-order valence-corrected chi connectivity index (χ0v) is 12.7. The fourth-order valence-electron chi connectivity index (χ4n) is 2.57. The summed E-state index contributed by atoms with van der Waals surface area (Å²) in [6.45, 7) is 11.3. The molecule has 106 valence electrons. The van der Waals surface area contributed by atoms with E-state index in [1.807, 2.05) is 42.6 Å². The van der Waals surface area contributed by atoms with E-state index in [1.54, 1.807) is 0 Å². The van der Waals surface area contributed by atoms with Crippen molar-refractivity contribution in [1.29, 1.82) is 0 Å². The predicted octanol–water partition coefficient (Wildman–Crippen LogP) is 5.58. The lowest BCUT2D eigenvalue weighted by atomic mass is 9.96. The van der Waals surface area contributed by atoms with Crippen LogP contribution in [-0.2, 0) is 0 Å². The Morgan fingerprint density at radius 1 is 0.864 bits per heavy atom. The normalized spacial score (nSPS) is 10.2. The first-order chi connectivity index (χ1) is 10.7. The highest BCUT2D eigenvalue weighted by atomic mass is 14.7. The zero-order chi connectivity index (χ0) is 15.5. The van der Waals surface area contributed by atoms with Gasteiger partial charge in [-0.3, -0.25) is 4.98 Å². The second-order valence-corrected chi connectivity index (χ2v) is 5.36. The van der Waals surface area contributed by atoms with Crippen LogP contribution in [0, 0.1) is 20.4 Å². The second-order valence-electron chi connectivity index (χ2n) is 5.36. The van der Waals surface area contributed by atoms with Crippen LogP contribution < -0.4 is 0 Å². The van der Waals surface area contributed by atoms with E-state index in [4.69, 9.17) is 6.57 Å². The first-order valence-electron chi connectivity index (χ1n) is 7.19. The number of rotatable bonds is 2. The Hall–Kier alpha value is -2.92.